The van der Waals surface area contributed by atoms with Crippen LogP contribution in [0.3, 0.4) is 0 Å². The second-order valence-electron chi connectivity index (χ2n) is 7.96. The first-order valence-corrected chi connectivity index (χ1v) is 11.1. The van der Waals surface area contributed by atoms with E-state index in [0.717, 1.165) is 66.8 Å². The van der Waals surface area contributed by atoms with E-state index >= 15 is 0 Å². The molecule has 2 amide bonds. The number of fused-ring (bicyclic) bond motifs is 1. The molecule has 2 aromatic carbocycles. The van der Waals surface area contributed by atoms with E-state index in [1.54, 1.807) is 6.08 Å². The summed E-state index contributed by atoms with van der Waals surface area (Å²) in [7, 11) is 2.17. The van der Waals surface area contributed by atoms with Gasteiger partial charge in [-0.05, 0) is 60.3 Å². The summed E-state index contributed by atoms with van der Waals surface area (Å²) in [5.74, 6) is -0.347. The number of hydrogen-bond donors (Lipinski definition) is 1. The molecule has 3 heterocycles. The first-order valence-electron chi connectivity index (χ1n) is 10.3. The minimum atomic E-state index is -0.347. The van der Waals surface area contributed by atoms with Gasteiger partial charge >= 0.3 is 0 Å². The summed E-state index contributed by atoms with van der Waals surface area (Å²) in [5.41, 5.74) is 5.03. The van der Waals surface area contributed by atoms with Crippen molar-refractivity contribution in [2.45, 2.75) is 6.54 Å². The van der Waals surface area contributed by atoms with Crippen LogP contribution in [-0.2, 0) is 11.3 Å². The normalized spacial score (nSPS) is 19.5. The molecule has 0 radical (unpaired) electrons. The van der Waals surface area contributed by atoms with Crippen LogP contribution >= 0.6 is 11.8 Å². The fraction of sp³-hybridized carbons (Fsp3) is 0.261. The third-order valence-corrected chi connectivity index (χ3v) is 6.51. The lowest BCUT2D eigenvalue weighted by molar-refractivity contribution is -0.115. The Hall–Kier alpha value is -2.94. The van der Waals surface area contributed by atoms with E-state index in [0.29, 0.717) is 4.91 Å². The zero-order valence-electron chi connectivity index (χ0n) is 17.2. The monoisotopic (exact) mass is 433 g/mol. The molecule has 1 aromatic heterocycles. The van der Waals surface area contributed by atoms with Crippen molar-refractivity contribution in [3.8, 4) is 5.69 Å². The largest absolute Gasteiger partial charge is 0.304 e. The van der Waals surface area contributed by atoms with Gasteiger partial charge in [0, 0.05) is 38.4 Å². The highest BCUT2D eigenvalue weighted by Crippen LogP contribution is 2.27. The van der Waals surface area contributed by atoms with Crippen LogP contribution in [0.2, 0.25) is 0 Å². The number of amides is 2. The Morgan fingerprint density at radius 3 is 2.71 bits per heavy atom. The molecular weight excluding hydrogens is 410 g/mol. The summed E-state index contributed by atoms with van der Waals surface area (Å²) in [4.78, 5) is 33.1. The smallest absolute Gasteiger partial charge is 0.290 e. The molecule has 2 aliphatic heterocycles. The number of thioether (sulfide) groups is 1. The van der Waals surface area contributed by atoms with Crippen LogP contribution in [0.25, 0.3) is 22.8 Å². The van der Waals surface area contributed by atoms with Crippen LogP contribution in [0.1, 0.15) is 11.1 Å². The zero-order valence-corrected chi connectivity index (χ0v) is 18.1. The Labute approximate surface area is 184 Å². The Kier molecular flexibility index (Phi) is 5.35. The third-order valence-electron chi connectivity index (χ3n) is 5.70. The minimum absolute atomic E-state index is 0.334. The number of benzene rings is 2. The number of imide groups is 1. The molecular formula is C23H23N5O2S. The highest BCUT2D eigenvalue weighted by molar-refractivity contribution is 8.18. The number of carbonyl (C=O) groups is 2. The number of rotatable bonds is 4. The maximum atomic E-state index is 11.9. The van der Waals surface area contributed by atoms with Crippen molar-refractivity contribution in [3.05, 3.63) is 64.8 Å². The second kappa shape index (κ2) is 8.30. The summed E-state index contributed by atoms with van der Waals surface area (Å²) in [5, 5.41) is 1.96. The summed E-state index contributed by atoms with van der Waals surface area (Å²) in [6.07, 6.45) is 3.57. The molecule has 0 unspecified atom stereocenters. The quantitative estimate of drug-likeness (QED) is 0.638. The van der Waals surface area contributed by atoms with Crippen LogP contribution in [0.5, 0.6) is 0 Å². The van der Waals surface area contributed by atoms with Gasteiger partial charge in [-0.2, -0.15) is 0 Å². The standard InChI is InChI=1S/C23H23N5O2S/c1-26-7-9-27(10-8-26)14-17-3-2-4-18(11-17)28-15-24-19-6-5-16(12-20(19)28)13-21-22(29)25-23(30)31-21/h2-6,11-13,15H,7-10,14H2,1H3,(H,25,29,30)/b21-13-. The SMILES string of the molecule is CN1CCN(Cc2cccc(-n3cnc4ccc(/C=C5\SC(=O)NC5=O)cc43)c2)CC1. The summed E-state index contributed by atoms with van der Waals surface area (Å²) < 4.78 is 2.07. The molecule has 3 aromatic rings. The van der Waals surface area contributed by atoms with Crippen LogP contribution < -0.4 is 5.32 Å². The predicted molar refractivity (Wildman–Crippen MR) is 123 cm³/mol. The molecule has 5 rings (SSSR count). The molecule has 1 N–H and O–H groups in total. The molecule has 31 heavy (non-hydrogen) atoms. The van der Waals surface area contributed by atoms with Crippen LogP contribution in [0, 0.1) is 0 Å². The molecule has 0 saturated carbocycles. The van der Waals surface area contributed by atoms with E-state index in [-0.39, 0.29) is 11.1 Å². The van der Waals surface area contributed by atoms with Gasteiger partial charge in [0.25, 0.3) is 11.1 Å². The molecule has 2 fully saturated rings. The van der Waals surface area contributed by atoms with Crippen molar-refractivity contribution in [3.63, 3.8) is 0 Å². The Bertz CT molecular complexity index is 1190. The van der Waals surface area contributed by atoms with Crippen LogP contribution in [0.15, 0.2) is 53.7 Å². The average molecular weight is 434 g/mol. The van der Waals surface area contributed by atoms with E-state index < -0.39 is 0 Å². The van der Waals surface area contributed by atoms with Crippen LogP contribution in [-0.4, -0.2) is 63.7 Å². The molecule has 7 nitrogen and oxygen atoms in total. The summed E-state index contributed by atoms with van der Waals surface area (Å²) in [6, 6.07) is 14.4. The van der Waals surface area contributed by atoms with Gasteiger partial charge in [0.05, 0.1) is 15.9 Å². The van der Waals surface area contributed by atoms with Crippen molar-refractivity contribution >= 4 is 40.0 Å². The number of carbonyl (C=O) groups excluding carboxylic acids is 2. The van der Waals surface area contributed by atoms with Crippen molar-refractivity contribution in [2.75, 3.05) is 33.2 Å². The van der Waals surface area contributed by atoms with E-state index in [1.807, 2.05) is 24.5 Å². The Morgan fingerprint density at radius 1 is 1.10 bits per heavy atom. The first kappa shape index (κ1) is 20.0. The van der Waals surface area contributed by atoms with E-state index in [4.69, 9.17) is 0 Å². The molecule has 0 atom stereocenters. The molecule has 0 spiro atoms. The highest BCUT2D eigenvalue weighted by Gasteiger charge is 2.25. The van der Waals surface area contributed by atoms with Crippen molar-refractivity contribution < 1.29 is 9.59 Å². The zero-order chi connectivity index (χ0) is 21.4. The van der Waals surface area contributed by atoms with Gasteiger partial charge in [-0.1, -0.05) is 18.2 Å². The molecule has 2 saturated heterocycles. The fourth-order valence-corrected chi connectivity index (χ4v) is 4.64. The molecule has 0 bridgehead atoms. The minimum Gasteiger partial charge on any atom is -0.304 e. The lowest BCUT2D eigenvalue weighted by Gasteiger charge is -2.32. The van der Waals surface area contributed by atoms with E-state index in [1.165, 1.54) is 5.56 Å². The van der Waals surface area contributed by atoms with Gasteiger partial charge in [0.1, 0.15) is 6.33 Å². The summed E-state index contributed by atoms with van der Waals surface area (Å²) >= 11 is 0.927. The number of hydrogen-bond acceptors (Lipinski definition) is 6. The number of nitrogens with one attached hydrogen (secondary N) is 1. The number of imidazole rings is 1. The lowest BCUT2D eigenvalue weighted by Crippen LogP contribution is -2.43. The van der Waals surface area contributed by atoms with Crippen molar-refractivity contribution in [1.82, 2.24) is 24.7 Å². The van der Waals surface area contributed by atoms with Gasteiger partial charge in [-0.3, -0.25) is 24.4 Å². The Balaban J connectivity index is 1.43. The molecule has 158 valence electrons. The molecule has 2 aliphatic rings. The molecule has 8 heteroatoms. The van der Waals surface area contributed by atoms with Crippen LogP contribution in [0.4, 0.5) is 4.79 Å². The van der Waals surface area contributed by atoms with E-state index in [2.05, 4.69) is 56.0 Å². The lowest BCUT2D eigenvalue weighted by atomic mass is 10.1. The Morgan fingerprint density at radius 2 is 1.94 bits per heavy atom. The predicted octanol–water partition coefficient (Wildman–Crippen LogP) is 3.10. The van der Waals surface area contributed by atoms with Gasteiger partial charge in [-0.15, -0.1) is 0 Å². The number of likely N-dealkylation sites (N-methyl/N-ethyl adjacent to an activating group) is 1. The molecule has 0 aliphatic carbocycles. The number of nitrogens with zero attached hydrogens (tertiary/aromatic N) is 4. The van der Waals surface area contributed by atoms with E-state index in [9.17, 15) is 9.59 Å². The topological polar surface area (TPSA) is 70.5 Å². The first-order chi connectivity index (χ1) is 15.0. The third kappa shape index (κ3) is 4.27. The van der Waals surface area contributed by atoms with Gasteiger partial charge in [0.2, 0.25) is 0 Å². The maximum Gasteiger partial charge on any atom is 0.290 e. The summed E-state index contributed by atoms with van der Waals surface area (Å²) in [6.45, 7) is 5.31. The highest BCUT2D eigenvalue weighted by atomic mass is 32.2. The number of aromatic nitrogens is 2. The fourth-order valence-electron chi connectivity index (χ4n) is 3.96. The number of piperazine rings is 1. The van der Waals surface area contributed by atoms with Gasteiger partial charge in [-0.25, -0.2) is 4.98 Å². The van der Waals surface area contributed by atoms with Gasteiger partial charge in [0.15, 0.2) is 0 Å². The van der Waals surface area contributed by atoms with Crippen molar-refractivity contribution in [2.24, 2.45) is 0 Å². The van der Waals surface area contributed by atoms with Gasteiger partial charge < -0.3 is 4.90 Å². The maximum absolute atomic E-state index is 11.9. The van der Waals surface area contributed by atoms with Crippen molar-refractivity contribution in [1.29, 1.82) is 0 Å². The second-order valence-corrected chi connectivity index (χ2v) is 8.98. The average Bonchev–Trinajstić information content (AvgIpc) is 3.32.